The molecule has 2 unspecified atom stereocenters. The molecule has 2 atom stereocenters. The molecule has 124 valence electrons. The number of hydrogen-bond acceptors (Lipinski definition) is 3. The first-order chi connectivity index (χ1) is 10.3. The summed E-state index contributed by atoms with van der Waals surface area (Å²) in [6, 6.07) is 6.09. The third-order valence-electron chi connectivity index (χ3n) is 4.05. The van der Waals surface area contributed by atoms with Gasteiger partial charge in [-0.15, -0.1) is 0 Å². The predicted octanol–water partition coefficient (Wildman–Crippen LogP) is 2.62. The van der Waals surface area contributed by atoms with Crippen molar-refractivity contribution in [2.75, 3.05) is 26.0 Å². The Balaban J connectivity index is 2.08. The summed E-state index contributed by atoms with van der Waals surface area (Å²) in [5.41, 5.74) is 0.866. The molecule has 1 aromatic rings. The van der Waals surface area contributed by atoms with Crippen molar-refractivity contribution >= 4 is 10.0 Å². The normalized spacial score (nSPS) is 23.0. The van der Waals surface area contributed by atoms with Crippen LogP contribution in [-0.2, 0) is 14.8 Å². The number of nitrogens with zero attached hydrogens (tertiary/aromatic N) is 1. The van der Waals surface area contributed by atoms with E-state index in [0.717, 1.165) is 12.0 Å². The van der Waals surface area contributed by atoms with Gasteiger partial charge in [-0.05, 0) is 30.0 Å². The summed E-state index contributed by atoms with van der Waals surface area (Å²) in [5, 5.41) is 0. The fourth-order valence-corrected chi connectivity index (χ4v) is 4.71. The molecule has 0 spiro atoms. The zero-order valence-corrected chi connectivity index (χ0v) is 14.1. The molecule has 1 saturated heterocycles. The van der Waals surface area contributed by atoms with Crippen molar-refractivity contribution in [3.63, 3.8) is 0 Å². The number of sulfonamides is 1. The highest BCUT2D eigenvalue weighted by Gasteiger charge is 2.37. The Bertz CT molecular complexity index is 586. The second-order valence-corrected chi connectivity index (χ2v) is 8.34. The summed E-state index contributed by atoms with van der Waals surface area (Å²) < 4.78 is 44.6. The quantitative estimate of drug-likeness (QED) is 0.806. The summed E-state index contributed by atoms with van der Waals surface area (Å²) in [6.07, 6.45) is 0.728. The van der Waals surface area contributed by atoms with Gasteiger partial charge in [0.25, 0.3) is 0 Å². The van der Waals surface area contributed by atoms with Gasteiger partial charge in [-0.3, -0.25) is 0 Å². The molecule has 1 aromatic carbocycles. The Labute approximate surface area is 132 Å². The molecular formula is C16H24FNO3S. The lowest BCUT2D eigenvalue weighted by atomic mass is 10.0. The van der Waals surface area contributed by atoms with E-state index < -0.39 is 10.0 Å². The van der Waals surface area contributed by atoms with Crippen molar-refractivity contribution in [3.05, 3.63) is 35.6 Å². The van der Waals surface area contributed by atoms with Crippen LogP contribution in [0.1, 0.15) is 31.7 Å². The number of benzene rings is 1. The van der Waals surface area contributed by atoms with E-state index in [4.69, 9.17) is 4.74 Å². The zero-order valence-electron chi connectivity index (χ0n) is 13.3. The number of rotatable bonds is 6. The SMILES string of the molecule is COC(CC(C)C)CN1CC(c2ccc(F)cc2)CS1(=O)=O. The van der Waals surface area contributed by atoms with E-state index in [1.807, 2.05) is 0 Å². The van der Waals surface area contributed by atoms with Crippen LogP contribution in [0.15, 0.2) is 24.3 Å². The maximum Gasteiger partial charge on any atom is 0.214 e. The molecule has 1 fully saturated rings. The van der Waals surface area contributed by atoms with Crippen LogP contribution in [0.2, 0.25) is 0 Å². The summed E-state index contributed by atoms with van der Waals surface area (Å²) in [5.74, 6) is 0.111. The molecule has 2 rings (SSSR count). The number of ether oxygens (including phenoxy) is 1. The Kier molecular flexibility index (Phi) is 5.58. The molecule has 1 aliphatic rings. The van der Waals surface area contributed by atoms with Crippen LogP contribution in [0.4, 0.5) is 4.39 Å². The maximum absolute atomic E-state index is 13.0. The van der Waals surface area contributed by atoms with Crippen molar-refractivity contribution in [1.29, 1.82) is 0 Å². The highest BCUT2D eigenvalue weighted by Crippen LogP contribution is 2.29. The standard InChI is InChI=1S/C16H24FNO3S/c1-12(2)8-16(21-3)10-18-9-14(11-22(18,19)20)13-4-6-15(17)7-5-13/h4-7,12,14,16H,8-11H2,1-3H3. The van der Waals surface area contributed by atoms with E-state index in [0.29, 0.717) is 19.0 Å². The van der Waals surface area contributed by atoms with Gasteiger partial charge in [0.2, 0.25) is 10.0 Å². The largest absolute Gasteiger partial charge is 0.380 e. The lowest BCUT2D eigenvalue weighted by molar-refractivity contribution is 0.0692. The predicted molar refractivity (Wildman–Crippen MR) is 84.8 cm³/mol. The Morgan fingerprint density at radius 3 is 2.50 bits per heavy atom. The highest BCUT2D eigenvalue weighted by molar-refractivity contribution is 7.89. The van der Waals surface area contributed by atoms with Crippen LogP contribution in [0.25, 0.3) is 0 Å². The first-order valence-electron chi connectivity index (χ1n) is 7.58. The summed E-state index contributed by atoms with van der Waals surface area (Å²) in [4.78, 5) is 0. The summed E-state index contributed by atoms with van der Waals surface area (Å²) in [7, 11) is -1.66. The van der Waals surface area contributed by atoms with Crippen LogP contribution in [-0.4, -0.2) is 44.8 Å². The van der Waals surface area contributed by atoms with Gasteiger partial charge in [-0.2, -0.15) is 4.31 Å². The molecule has 4 nitrogen and oxygen atoms in total. The Morgan fingerprint density at radius 1 is 1.32 bits per heavy atom. The second kappa shape index (κ2) is 7.06. The number of halogens is 1. The molecule has 0 aromatic heterocycles. The third-order valence-corrected chi connectivity index (χ3v) is 5.95. The molecule has 22 heavy (non-hydrogen) atoms. The Hall–Kier alpha value is -0.980. The molecule has 0 amide bonds. The van der Waals surface area contributed by atoms with E-state index in [2.05, 4.69) is 13.8 Å². The minimum Gasteiger partial charge on any atom is -0.380 e. The fourth-order valence-electron chi connectivity index (χ4n) is 2.89. The van der Waals surface area contributed by atoms with Gasteiger partial charge in [0.1, 0.15) is 5.82 Å². The van der Waals surface area contributed by atoms with Crippen LogP contribution in [0.3, 0.4) is 0 Å². The molecule has 0 radical (unpaired) electrons. The van der Waals surface area contributed by atoms with Gasteiger partial charge >= 0.3 is 0 Å². The van der Waals surface area contributed by atoms with Gasteiger partial charge in [0.15, 0.2) is 0 Å². The van der Waals surface area contributed by atoms with E-state index in [1.165, 1.54) is 16.4 Å². The van der Waals surface area contributed by atoms with Crippen molar-refractivity contribution in [2.45, 2.75) is 32.3 Å². The molecule has 0 saturated carbocycles. The topological polar surface area (TPSA) is 46.6 Å². The highest BCUT2D eigenvalue weighted by atomic mass is 32.2. The summed E-state index contributed by atoms with van der Waals surface area (Å²) in [6.45, 7) is 5.00. The minimum atomic E-state index is -3.28. The van der Waals surface area contributed by atoms with Crippen LogP contribution < -0.4 is 0 Å². The average molecular weight is 329 g/mol. The zero-order chi connectivity index (χ0) is 16.3. The van der Waals surface area contributed by atoms with Gasteiger partial charge in [0.05, 0.1) is 11.9 Å². The Morgan fingerprint density at radius 2 is 1.95 bits per heavy atom. The molecule has 1 aliphatic heterocycles. The second-order valence-electron chi connectivity index (χ2n) is 6.33. The maximum atomic E-state index is 13.0. The third kappa shape index (κ3) is 4.27. The van der Waals surface area contributed by atoms with Crippen LogP contribution in [0.5, 0.6) is 0 Å². The molecule has 0 bridgehead atoms. The lowest BCUT2D eigenvalue weighted by Gasteiger charge is -2.23. The van der Waals surface area contributed by atoms with Crippen molar-refractivity contribution in [3.8, 4) is 0 Å². The van der Waals surface area contributed by atoms with E-state index in [-0.39, 0.29) is 23.6 Å². The number of methoxy groups -OCH3 is 1. The van der Waals surface area contributed by atoms with Crippen molar-refractivity contribution in [2.24, 2.45) is 5.92 Å². The van der Waals surface area contributed by atoms with Crippen molar-refractivity contribution < 1.29 is 17.5 Å². The smallest absolute Gasteiger partial charge is 0.214 e. The van der Waals surface area contributed by atoms with E-state index in [1.54, 1.807) is 19.2 Å². The molecular weight excluding hydrogens is 305 g/mol. The number of hydrogen-bond donors (Lipinski definition) is 0. The summed E-state index contributed by atoms with van der Waals surface area (Å²) >= 11 is 0. The van der Waals surface area contributed by atoms with Gasteiger partial charge in [-0.25, -0.2) is 12.8 Å². The molecule has 1 heterocycles. The van der Waals surface area contributed by atoms with Gasteiger partial charge in [-0.1, -0.05) is 26.0 Å². The molecule has 0 N–H and O–H groups in total. The molecule has 6 heteroatoms. The van der Waals surface area contributed by atoms with Crippen molar-refractivity contribution in [1.82, 2.24) is 4.31 Å². The van der Waals surface area contributed by atoms with Gasteiger partial charge < -0.3 is 4.74 Å². The monoisotopic (exact) mass is 329 g/mol. The molecule has 0 aliphatic carbocycles. The van der Waals surface area contributed by atoms with Crippen LogP contribution >= 0.6 is 0 Å². The lowest BCUT2D eigenvalue weighted by Crippen LogP contribution is -2.35. The average Bonchev–Trinajstić information content (AvgIpc) is 2.73. The van der Waals surface area contributed by atoms with E-state index in [9.17, 15) is 12.8 Å². The first kappa shape index (κ1) is 17.4. The van der Waals surface area contributed by atoms with Crippen LogP contribution in [0, 0.1) is 11.7 Å². The fraction of sp³-hybridized carbons (Fsp3) is 0.625. The first-order valence-corrected chi connectivity index (χ1v) is 9.19. The minimum absolute atomic E-state index is 0.0801. The van der Waals surface area contributed by atoms with E-state index >= 15 is 0 Å². The van der Waals surface area contributed by atoms with Gasteiger partial charge in [0, 0.05) is 26.1 Å².